The van der Waals surface area contributed by atoms with Gasteiger partial charge in [0.1, 0.15) is 17.0 Å². The van der Waals surface area contributed by atoms with Crippen molar-refractivity contribution in [2.75, 3.05) is 4.90 Å². The van der Waals surface area contributed by atoms with Gasteiger partial charge in [-0.05, 0) is 93.4 Å². The zero-order chi connectivity index (χ0) is 33.2. The minimum absolute atomic E-state index is 0.210. The lowest BCUT2D eigenvalue weighted by Crippen LogP contribution is -2.28. The minimum atomic E-state index is -0.642. The Morgan fingerprint density at radius 2 is 1.04 bits per heavy atom. The molecule has 0 N–H and O–H groups in total. The van der Waals surface area contributed by atoms with E-state index in [2.05, 4.69) is 150 Å². The summed E-state index contributed by atoms with van der Waals surface area (Å²) < 4.78 is 21.6. The summed E-state index contributed by atoms with van der Waals surface area (Å²) in [7, 11) is 0. The maximum Gasteiger partial charge on any atom is 0.135 e. The lowest BCUT2D eigenvalue weighted by atomic mass is 9.67. The van der Waals surface area contributed by atoms with E-state index in [1.165, 1.54) is 0 Å². The second-order valence-corrected chi connectivity index (χ2v) is 13.0. The van der Waals surface area contributed by atoms with Crippen molar-refractivity contribution < 1.29 is 8.81 Å². The summed E-state index contributed by atoms with van der Waals surface area (Å²) in [5.74, 6) is -0.210. The molecule has 0 saturated carbocycles. The van der Waals surface area contributed by atoms with Gasteiger partial charge < -0.3 is 9.32 Å². The number of halogens is 1. The molecule has 0 amide bonds. The van der Waals surface area contributed by atoms with Gasteiger partial charge >= 0.3 is 0 Å². The van der Waals surface area contributed by atoms with Crippen LogP contribution in [0.5, 0.6) is 0 Å². The van der Waals surface area contributed by atoms with Crippen molar-refractivity contribution in [2.45, 2.75) is 5.41 Å². The fraction of sp³-hybridized carbons (Fsp3) is 0.0213. The van der Waals surface area contributed by atoms with Crippen molar-refractivity contribution in [1.82, 2.24) is 0 Å². The molecule has 0 spiro atoms. The lowest BCUT2D eigenvalue weighted by molar-refractivity contribution is 0.640. The Labute approximate surface area is 289 Å². The van der Waals surface area contributed by atoms with Crippen LogP contribution in [-0.2, 0) is 5.41 Å². The molecule has 1 aromatic heterocycles. The van der Waals surface area contributed by atoms with Gasteiger partial charge in [0.05, 0.1) is 5.41 Å². The first-order valence-corrected chi connectivity index (χ1v) is 17.0. The summed E-state index contributed by atoms with van der Waals surface area (Å²) in [5.41, 5.74) is 11.0. The Morgan fingerprint density at radius 3 is 1.80 bits per heavy atom. The molecule has 236 valence electrons. The maximum absolute atomic E-state index is 15.4. The molecule has 0 aliphatic heterocycles. The van der Waals surface area contributed by atoms with E-state index in [-0.39, 0.29) is 5.82 Å². The number of hydrogen-bond donors (Lipinski definition) is 0. The van der Waals surface area contributed by atoms with Crippen LogP contribution in [0.3, 0.4) is 0 Å². The van der Waals surface area contributed by atoms with Crippen LogP contribution >= 0.6 is 0 Å². The molecule has 0 fully saturated rings. The number of anilines is 3. The van der Waals surface area contributed by atoms with Crippen molar-refractivity contribution in [3.05, 3.63) is 210 Å². The summed E-state index contributed by atoms with van der Waals surface area (Å²) in [6.07, 6.45) is 0. The van der Waals surface area contributed by atoms with Gasteiger partial charge in [-0.25, -0.2) is 4.39 Å². The zero-order valence-corrected chi connectivity index (χ0v) is 27.1. The van der Waals surface area contributed by atoms with Crippen molar-refractivity contribution in [1.29, 1.82) is 0 Å². The normalized spacial score (nSPS) is 13.1. The highest BCUT2D eigenvalue weighted by Gasteiger charge is 2.47. The third-order valence-corrected chi connectivity index (χ3v) is 10.4. The minimum Gasteiger partial charge on any atom is -0.456 e. The molecule has 2 nitrogen and oxygen atoms in total. The van der Waals surface area contributed by atoms with E-state index < -0.39 is 5.41 Å². The predicted octanol–water partition coefficient (Wildman–Crippen LogP) is 12.7. The molecule has 8 aromatic carbocycles. The monoisotopic (exact) mass is 643 g/mol. The quantitative estimate of drug-likeness (QED) is 0.186. The van der Waals surface area contributed by atoms with E-state index in [4.69, 9.17) is 4.42 Å². The second-order valence-electron chi connectivity index (χ2n) is 13.0. The summed E-state index contributed by atoms with van der Waals surface area (Å²) in [5, 5.41) is 3.71. The third kappa shape index (κ3) is 4.07. The molecule has 0 saturated heterocycles. The molecular formula is C47H30FNO. The molecule has 1 aliphatic rings. The number of furan rings is 1. The fourth-order valence-electron chi connectivity index (χ4n) is 8.31. The first-order valence-electron chi connectivity index (χ1n) is 17.0. The van der Waals surface area contributed by atoms with Crippen LogP contribution in [0.2, 0.25) is 0 Å². The molecular weight excluding hydrogens is 614 g/mol. The first kappa shape index (κ1) is 28.6. The van der Waals surface area contributed by atoms with E-state index in [0.29, 0.717) is 5.39 Å². The molecule has 10 rings (SSSR count). The number of para-hydroxylation sites is 2. The van der Waals surface area contributed by atoms with E-state index >= 15 is 4.39 Å². The van der Waals surface area contributed by atoms with Gasteiger partial charge in [0, 0.05) is 33.2 Å². The van der Waals surface area contributed by atoms with Crippen molar-refractivity contribution in [3.8, 4) is 11.1 Å². The van der Waals surface area contributed by atoms with Crippen LogP contribution < -0.4 is 4.90 Å². The Bertz CT molecular complexity index is 2680. The number of benzene rings is 8. The van der Waals surface area contributed by atoms with Gasteiger partial charge in [-0.3, -0.25) is 0 Å². The largest absolute Gasteiger partial charge is 0.456 e. The first-order chi connectivity index (χ1) is 24.7. The van der Waals surface area contributed by atoms with Crippen molar-refractivity contribution in [3.63, 3.8) is 0 Å². The van der Waals surface area contributed by atoms with Gasteiger partial charge in [-0.2, -0.15) is 0 Å². The van der Waals surface area contributed by atoms with Gasteiger partial charge in [0.2, 0.25) is 0 Å². The van der Waals surface area contributed by atoms with Gasteiger partial charge in [-0.1, -0.05) is 127 Å². The molecule has 0 radical (unpaired) electrons. The van der Waals surface area contributed by atoms with E-state index in [9.17, 15) is 0 Å². The van der Waals surface area contributed by atoms with Crippen LogP contribution in [0.15, 0.2) is 186 Å². The third-order valence-electron chi connectivity index (χ3n) is 10.4. The molecule has 1 aliphatic carbocycles. The zero-order valence-electron chi connectivity index (χ0n) is 27.1. The maximum atomic E-state index is 15.4. The highest BCUT2D eigenvalue weighted by atomic mass is 19.1. The average molecular weight is 644 g/mol. The van der Waals surface area contributed by atoms with E-state index in [1.54, 1.807) is 6.07 Å². The predicted molar refractivity (Wildman–Crippen MR) is 203 cm³/mol. The summed E-state index contributed by atoms with van der Waals surface area (Å²) in [6.45, 7) is 0. The number of hydrogen-bond acceptors (Lipinski definition) is 2. The van der Waals surface area contributed by atoms with Gasteiger partial charge in [0.15, 0.2) is 0 Å². The number of rotatable bonds is 5. The standard InChI is InChI=1S/C47H30FNO/c48-43-21-12-20-38-36(43)26-27-41-46(38)39-25-23-35(30-42(39)47(41,31-13-4-1-5-14-31)32-15-6-2-7-16-32)49(33-17-8-3-9-18-33)34-24-28-45-40(29-34)37-19-10-11-22-44(37)50-45/h1-30H. The highest BCUT2D eigenvalue weighted by Crippen LogP contribution is 2.59. The average Bonchev–Trinajstić information content (AvgIpc) is 3.70. The van der Waals surface area contributed by atoms with Gasteiger partial charge in [-0.15, -0.1) is 0 Å². The molecule has 0 unspecified atom stereocenters. The van der Waals surface area contributed by atoms with E-state index in [0.717, 1.165) is 77.8 Å². The summed E-state index contributed by atoms with van der Waals surface area (Å²) in [4.78, 5) is 2.32. The molecule has 50 heavy (non-hydrogen) atoms. The Hall–Kier alpha value is -6.45. The van der Waals surface area contributed by atoms with Crippen LogP contribution in [-0.4, -0.2) is 0 Å². The molecule has 0 bridgehead atoms. The molecule has 1 heterocycles. The smallest absolute Gasteiger partial charge is 0.135 e. The fourth-order valence-corrected chi connectivity index (χ4v) is 8.31. The topological polar surface area (TPSA) is 16.4 Å². The van der Waals surface area contributed by atoms with Crippen LogP contribution in [0.1, 0.15) is 22.3 Å². The lowest BCUT2D eigenvalue weighted by Gasteiger charge is -2.35. The molecule has 9 aromatic rings. The Kier molecular flexibility index (Phi) is 6.31. The summed E-state index contributed by atoms with van der Waals surface area (Å²) >= 11 is 0. The summed E-state index contributed by atoms with van der Waals surface area (Å²) in [6, 6.07) is 63.0. The van der Waals surface area contributed by atoms with Crippen LogP contribution in [0.4, 0.5) is 21.5 Å². The highest BCUT2D eigenvalue weighted by molar-refractivity contribution is 6.07. The van der Waals surface area contributed by atoms with Crippen molar-refractivity contribution >= 4 is 49.8 Å². The van der Waals surface area contributed by atoms with Crippen LogP contribution in [0.25, 0.3) is 43.8 Å². The van der Waals surface area contributed by atoms with Crippen LogP contribution in [0, 0.1) is 5.82 Å². The second kappa shape index (κ2) is 11.0. The Balaban J connectivity index is 1.29. The molecule has 3 heteroatoms. The molecule has 0 atom stereocenters. The van der Waals surface area contributed by atoms with E-state index in [1.807, 2.05) is 30.3 Å². The van der Waals surface area contributed by atoms with Gasteiger partial charge in [0.25, 0.3) is 0 Å². The Morgan fingerprint density at radius 1 is 0.420 bits per heavy atom. The SMILES string of the molecule is Fc1cccc2c3c(ccc12)C(c1ccccc1)(c1ccccc1)c1cc(N(c2ccccc2)c2ccc4oc5ccccc5c4c2)ccc1-3. The number of nitrogens with zero attached hydrogens (tertiary/aromatic N) is 1. The van der Waals surface area contributed by atoms with Crippen molar-refractivity contribution in [2.24, 2.45) is 0 Å². The number of fused-ring (bicyclic) bond motifs is 8.